The lowest BCUT2D eigenvalue weighted by Gasteiger charge is -2.53. The summed E-state index contributed by atoms with van der Waals surface area (Å²) >= 11 is 0. The molecule has 4 heteroatoms. The Bertz CT molecular complexity index is 563. The Labute approximate surface area is 164 Å². The van der Waals surface area contributed by atoms with E-state index in [0.29, 0.717) is 5.41 Å². The number of aliphatic carboxylic acids is 1. The van der Waals surface area contributed by atoms with Crippen LogP contribution in [0.15, 0.2) is 12.2 Å². The predicted octanol–water partition coefficient (Wildman–Crippen LogP) is 5.77. The van der Waals surface area contributed by atoms with Gasteiger partial charge in [0.25, 0.3) is 0 Å². The van der Waals surface area contributed by atoms with Crippen molar-refractivity contribution >= 4 is 5.97 Å². The van der Waals surface area contributed by atoms with Gasteiger partial charge in [-0.2, -0.15) is 0 Å². The minimum Gasteiger partial charge on any atom is -0.481 e. The van der Waals surface area contributed by atoms with Crippen molar-refractivity contribution in [2.24, 2.45) is 29.1 Å². The molecule has 27 heavy (non-hydrogen) atoms. The molecule has 2 saturated carbocycles. The summed E-state index contributed by atoms with van der Waals surface area (Å²) in [5.74, 6) is 0.871. The number of carboxylic acid groups (broad SMARTS) is 1. The van der Waals surface area contributed by atoms with Gasteiger partial charge in [0.1, 0.15) is 11.7 Å². The van der Waals surface area contributed by atoms with Crippen LogP contribution in [0.4, 0.5) is 0 Å². The third kappa shape index (κ3) is 4.12. The van der Waals surface area contributed by atoms with Crippen LogP contribution in [0, 0.1) is 29.1 Å². The first-order chi connectivity index (χ1) is 12.7. The molecule has 7 atom stereocenters. The molecule has 0 aromatic carbocycles. The van der Waals surface area contributed by atoms with Gasteiger partial charge in [-0.15, -0.1) is 0 Å². The van der Waals surface area contributed by atoms with Gasteiger partial charge in [0.2, 0.25) is 0 Å². The van der Waals surface area contributed by atoms with Crippen molar-refractivity contribution in [3.8, 4) is 0 Å². The number of allylic oxidation sites excluding steroid dienone is 1. The molecule has 0 spiro atoms. The fourth-order valence-electron chi connectivity index (χ4n) is 5.92. The van der Waals surface area contributed by atoms with Crippen LogP contribution in [0.3, 0.4) is 0 Å². The second kappa shape index (κ2) is 7.87. The van der Waals surface area contributed by atoms with E-state index in [9.17, 15) is 9.90 Å². The van der Waals surface area contributed by atoms with E-state index in [1.807, 2.05) is 0 Å². The highest BCUT2D eigenvalue weighted by atomic mass is 17.2. The summed E-state index contributed by atoms with van der Waals surface area (Å²) < 4.78 is 0. The van der Waals surface area contributed by atoms with Gasteiger partial charge in [-0.1, -0.05) is 26.0 Å². The van der Waals surface area contributed by atoms with Crippen LogP contribution >= 0.6 is 0 Å². The van der Waals surface area contributed by atoms with Gasteiger partial charge in [-0.3, -0.25) is 4.79 Å². The lowest BCUT2D eigenvalue weighted by molar-refractivity contribution is -0.411. The number of fused-ring (bicyclic) bond motifs is 1. The minimum atomic E-state index is -0.819. The maximum absolute atomic E-state index is 11.2. The SMILES string of the molecule is C=C1CCC[C@@H]2[C@@H](CC[C@@]3(C)CC[C@H]([C@H](C)C(=O)O)OO3)[C@H](C)CC[C@@]12C. The van der Waals surface area contributed by atoms with Crippen LogP contribution in [0.2, 0.25) is 0 Å². The van der Waals surface area contributed by atoms with Gasteiger partial charge in [0.15, 0.2) is 0 Å². The summed E-state index contributed by atoms with van der Waals surface area (Å²) in [5, 5.41) is 9.18. The molecule has 0 radical (unpaired) electrons. The van der Waals surface area contributed by atoms with Crippen LogP contribution in [-0.2, 0) is 14.6 Å². The van der Waals surface area contributed by atoms with E-state index < -0.39 is 11.9 Å². The number of rotatable bonds is 5. The smallest absolute Gasteiger partial charge is 0.308 e. The van der Waals surface area contributed by atoms with Gasteiger partial charge in [-0.05, 0) is 94.8 Å². The molecule has 0 bridgehead atoms. The first kappa shape index (κ1) is 20.9. The molecule has 0 aromatic heterocycles. The van der Waals surface area contributed by atoms with Gasteiger partial charge >= 0.3 is 5.97 Å². The number of carbonyl (C=O) groups is 1. The topological polar surface area (TPSA) is 55.8 Å². The molecule has 1 heterocycles. The number of hydrogen-bond donors (Lipinski definition) is 1. The van der Waals surface area contributed by atoms with Crippen molar-refractivity contribution in [3.05, 3.63) is 12.2 Å². The Hall–Kier alpha value is -0.870. The van der Waals surface area contributed by atoms with Crippen molar-refractivity contribution in [1.29, 1.82) is 0 Å². The molecule has 0 aromatic rings. The highest BCUT2D eigenvalue weighted by Gasteiger charge is 2.48. The summed E-state index contributed by atoms with van der Waals surface area (Å²) in [6.45, 7) is 13.1. The molecule has 154 valence electrons. The molecular weight excluding hydrogens is 340 g/mol. The van der Waals surface area contributed by atoms with Crippen molar-refractivity contribution in [3.63, 3.8) is 0 Å². The first-order valence-electron chi connectivity index (χ1n) is 10.9. The van der Waals surface area contributed by atoms with Crippen LogP contribution in [0.1, 0.15) is 85.5 Å². The molecule has 3 fully saturated rings. The van der Waals surface area contributed by atoms with Gasteiger partial charge in [0.05, 0.1) is 5.92 Å². The number of hydrogen-bond acceptors (Lipinski definition) is 3. The van der Waals surface area contributed by atoms with Gasteiger partial charge < -0.3 is 5.11 Å². The van der Waals surface area contributed by atoms with E-state index in [-0.39, 0.29) is 11.7 Å². The van der Waals surface area contributed by atoms with Crippen LogP contribution in [0.25, 0.3) is 0 Å². The van der Waals surface area contributed by atoms with E-state index >= 15 is 0 Å². The van der Waals surface area contributed by atoms with Crippen molar-refractivity contribution in [2.75, 3.05) is 0 Å². The summed E-state index contributed by atoms with van der Waals surface area (Å²) in [5.41, 5.74) is 1.50. The highest BCUT2D eigenvalue weighted by Crippen LogP contribution is 2.57. The van der Waals surface area contributed by atoms with Crippen molar-refractivity contribution in [2.45, 2.75) is 97.2 Å². The second-order valence-electron chi connectivity index (χ2n) is 10.1. The fraction of sp³-hybridized carbons (Fsp3) is 0.870. The molecule has 4 nitrogen and oxygen atoms in total. The predicted molar refractivity (Wildman–Crippen MR) is 106 cm³/mol. The molecule has 3 aliphatic rings. The lowest BCUT2D eigenvalue weighted by Crippen LogP contribution is -2.45. The Morgan fingerprint density at radius 2 is 2.04 bits per heavy atom. The molecule has 3 rings (SSSR count). The zero-order valence-corrected chi connectivity index (χ0v) is 17.6. The molecule has 2 aliphatic carbocycles. The Morgan fingerprint density at radius 1 is 1.30 bits per heavy atom. The zero-order chi connectivity index (χ0) is 19.8. The second-order valence-corrected chi connectivity index (χ2v) is 10.1. The lowest BCUT2D eigenvalue weighted by atomic mass is 9.52. The number of carboxylic acids is 1. The van der Waals surface area contributed by atoms with E-state index in [2.05, 4.69) is 27.4 Å². The quantitative estimate of drug-likeness (QED) is 0.488. The van der Waals surface area contributed by atoms with E-state index in [4.69, 9.17) is 9.78 Å². The summed E-state index contributed by atoms with van der Waals surface area (Å²) in [6.07, 6.45) is 9.82. The van der Waals surface area contributed by atoms with E-state index in [1.54, 1.807) is 6.92 Å². The summed E-state index contributed by atoms with van der Waals surface area (Å²) in [7, 11) is 0. The van der Waals surface area contributed by atoms with Gasteiger partial charge in [-0.25, -0.2) is 9.78 Å². The van der Waals surface area contributed by atoms with Crippen LogP contribution in [-0.4, -0.2) is 22.8 Å². The van der Waals surface area contributed by atoms with E-state index in [0.717, 1.165) is 43.4 Å². The molecule has 1 aliphatic heterocycles. The Kier molecular flexibility index (Phi) is 6.08. The van der Waals surface area contributed by atoms with Gasteiger partial charge in [0, 0.05) is 0 Å². The summed E-state index contributed by atoms with van der Waals surface area (Å²) in [6, 6.07) is 0. The fourth-order valence-corrected chi connectivity index (χ4v) is 5.92. The monoisotopic (exact) mass is 378 g/mol. The Morgan fingerprint density at radius 3 is 2.67 bits per heavy atom. The molecule has 1 saturated heterocycles. The third-order valence-corrected chi connectivity index (χ3v) is 8.27. The summed E-state index contributed by atoms with van der Waals surface area (Å²) in [4.78, 5) is 22.5. The van der Waals surface area contributed by atoms with Crippen molar-refractivity contribution < 1.29 is 19.7 Å². The van der Waals surface area contributed by atoms with Crippen LogP contribution in [0.5, 0.6) is 0 Å². The van der Waals surface area contributed by atoms with Crippen LogP contribution < -0.4 is 0 Å². The normalized spacial score (nSPS) is 43.8. The molecule has 0 amide bonds. The van der Waals surface area contributed by atoms with E-state index in [1.165, 1.54) is 37.7 Å². The maximum Gasteiger partial charge on any atom is 0.308 e. The van der Waals surface area contributed by atoms with Crippen molar-refractivity contribution in [1.82, 2.24) is 0 Å². The molecule has 0 unspecified atom stereocenters. The average molecular weight is 379 g/mol. The highest BCUT2D eigenvalue weighted by molar-refractivity contribution is 5.70. The standard InChI is InChI=1S/C23H38O4/c1-15-9-14-23(5)16(2)7-6-8-19(23)18(15)10-12-22(4)13-11-20(26-27-22)17(3)21(24)25/h15,17-20H,2,6-14H2,1,3-5H3,(H,24,25)/t15-,17+,18+,19-,20-,22+,23+/m1/s1. The first-order valence-corrected chi connectivity index (χ1v) is 10.9. The largest absolute Gasteiger partial charge is 0.481 e. The maximum atomic E-state index is 11.2. The Balaban J connectivity index is 1.60. The average Bonchev–Trinajstić information content (AvgIpc) is 2.63. The third-order valence-electron chi connectivity index (χ3n) is 8.27. The molecule has 1 N–H and O–H groups in total. The molecular formula is C23H38O4. The minimum absolute atomic E-state index is 0.298. The zero-order valence-electron chi connectivity index (χ0n) is 17.6.